The van der Waals surface area contributed by atoms with Gasteiger partial charge >= 0.3 is 0 Å². The largest absolute Gasteiger partial charge is 0.493 e. The average Bonchev–Trinajstić information content (AvgIpc) is 2.67. The summed E-state index contributed by atoms with van der Waals surface area (Å²) in [7, 11) is 5.39. The van der Waals surface area contributed by atoms with Crippen LogP contribution >= 0.6 is 0 Å². The molecule has 2 atom stereocenters. The number of aliphatic imine (C=N–C) groups is 1. The summed E-state index contributed by atoms with van der Waals surface area (Å²) in [4.78, 5) is 7.32. The Morgan fingerprint density at radius 1 is 1.08 bits per heavy atom. The zero-order valence-electron chi connectivity index (χ0n) is 15.3. The van der Waals surface area contributed by atoms with Crippen molar-refractivity contribution in [2.75, 3.05) is 34.4 Å². The Bertz CT molecular complexity index is 865. The van der Waals surface area contributed by atoms with E-state index < -0.39 is 0 Å². The molecule has 2 aromatic rings. The van der Waals surface area contributed by atoms with Gasteiger partial charge in [-0.2, -0.15) is 0 Å². The van der Waals surface area contributed by atoms with E-state index in [1.807, 2.05) is 18.2 Å². The fraction of sp³-hybridized carbons (Fsp3) is 0.381. The maximum atomic E-state index is 14.5. The van der Waals surface area contributed by atoms with Crippen LogP contribution in [0, 0.1) is 5.82 Å². The highest BCUT2D eigenvalue weighted by molar-refractivity contribution is 6.15. The van der Waals surface area contributed by atoms with Crippen LogP contribution in [-0.2, 0) is 0 Å². The molecular weight excluding hydrogens is 331 g/mol. The van der Waals surface area contributed by atoms with Crippen molar-refractivity contribution in [3.05, 3.63) is 58.9 Å². The molecule has 0 aliphatic carbocycles. The van der Waals surface area contributed by atoms with Crippen LogP contribution in [0.3, 0.4) is 0 Å². The van der Waals surface area contributed by atoms with E-state index >= 15 is 0 Å². The van der Waals surface area contributed by atoms with Crippen molar-refractivity contribution in [3.8, 4) is 11.5 Å². The molecule has 0 aromatic heterocycles. The number of ether oxygens (including phenoxy) is 2. The number of hydrogen-bond acceptors (Lipinski definition) is 4. The molecule has 0 N–H and O–H groups in total. The summed E-state index contributed by atoms with van der Waals surface area (Å²) in [6.45, 7) is 1.93. The number of nitrogens with zero attached hydrogens (tertiary/aromatic N) is 2. The number of likely N-dealkylation sites (N-methyl/N-ethyl adjacent to an activating group) is 1. The lowest BCUT2D eigenvalue weighted by atomic mass is 9.79. The average molecular weight is 354 g/mol. The van der Waals surface area contributed by atoms with E-state index in [1.165, 1.54) is 6.07 Å². The van der Waals surface area contributed by atoms with Crippen molar-refractivity contribution in [1.29, 1.82) is 0 Å². The van der Waals surface area contributed by atoms with Gasteiger partial charge in [-0.15, -0.1) is 0 Å². The topological polar surface area (TPSA) is 34.1 Å². The van der Waals surface area contributed by atoms with Crippen molar-refractivity contribution in [2.45, 2.75) is 18.4 Å². The lowest BCUT2D eigenvalue weighted by Gasteiger charge is -2.39. The van der Waals surface area contributed by atoms with Crippen LogP contribution in [0.15, 0.2) is 41.4 Å². The SMILES string of the molecule is COc1cc2c(cc1OC)C1CN(C)CCC1N=C2c1ccccc1F. The lowest BCUT2D eigenvalue weighted by molar-refractivity contribution is 0.227. The number of methoxy groups -OCH3 is 2. The van der Waals surface area contributed by atoms with Gasteiger partial charge in [0, 0.05) is 23.6 Å². The van der Waals surface area contributed by atoms with Crippen LogP contribution in [0.2, 0.25) is 0 Å². The zero-order valence-corrected chi connectivity index (χ0v) is 15.3. The molecule has 2 heterocycles. The van der Waals surface area contributed by atoms with Crippen LogP contribution < -0.4 is 9.47 Å². The fourth-order valence-electron chi connectivity index (χ4n) is 4.07. The number of benzene rings is 2. The first kappa shape index (κ1) is 17.0. The maximum absolute atomic E-state index is 14.5. The molecule has 4 rings (SSSR count). The minimum Gasteiger partial charge on any atom is -0.493 e. The summed E-state index contributed by atoms with van der Waals surface area (Å²) in [5, 5.41) is 0. The second kappa shape index (κ2) is 6.72. The van der Waals surface area contributed by atoms with Crippen LogP contribution in [0.4, 0.5) is 4.39 Å². The predicted molar refractivity (Wildman–Crippen MR) is 100 cm³/mol. The summed E-state index contributed by atoms with van der Waals surface area (Å²) >= 11 is 0. The van der Waals surface area contributed by atoms with Gasteiger partial charge in [-0.3, -0.25) is 4.99 Å². The number of rotatable bonds is 3. The van der Waals surface area contributed by atoms with Gasteiger partial charge < -0.3 is 14.4 Å². The first-order valence-electron chi connectivity index (χ1n) is 8.90. The van der Waals surface area contributed by atoms with Crippen LogP contribution in [-0.4, -0.2) is 51.0 Å². The van der Waals surface area contributed by atoms with E-state index in [0.29, 0.717) is 22.8 Å². The lowest BCUT2D eigenvalue weighted by Crippen LogP contribution is -2.42. The Morgan fingerprint density at radius 2 is 1.81 bits per heavy atom. The third-order valence-electron chi connectivity index (χ3n) is 5.41. The van der Waals surface area contributed by atoms with Gasteiger partial charge in [-0.05, 0) is 49.8 Å². The van der Waals surface area contributed by atoms with Crippen molar-refractivity contribution in [3.63, 3.8) is 0 Å². The molecular formula is C21H23FN2O2. The molecule has 1 saturated heterocycles. The highest BCUT2D eigenvalue weighted by Gasteiger charge is 2.36. The second-order valence-electron chi connectivity index (χ2n) is 6.98. The molecule has 5 heteroatoms. The molecule has 2 aromatic carbocycles. The van der Waals surface area contributed by atoms with Gasteiger partial charge in [0.15, 0.2) is 11.5 Å². The first-order chi connectivity index (χ1) is 12.6. The summed E-state index contributed by atoms with van der Waals surface area (Å²) in [5.74, 6) is 1.36. The molecule has 0 spiro atoms. The van der Waals surface area contributed by atoms with E-state index in [1.54, 1.807) is 26.4 Å². The van der Waals surface area contributed by atoms with Crippen molar-refractivity contribution in [1.82, 2.24) is 4.90 Å². The molecule has 0 radical (unpaired) electrons. The molecule has 4 nitrogen and oxygen atoms in total. The zero-order chi connectivity index (χ0) is 18.3. The molecule has 2 aliphatic rings. The Hall–Kier alpha value is -2.40. The Balaban J connectivity index is 1.93. The fourth-order valence-corrected chi connectivity index (χ4v) is 4.07. The highest BCUT2D eigenvalue weighted by atomic mass is 19.1. The minimum absolute atomic E-state index is 0.159. The van der Waals surface area contributed by atoms with Gasteiger partial charge in [0.25, 0.3) is 0 Å². The standard InChI is InChI=1S/C21H23FN2O2/c1-24-9-8-18-16(12-24)14-10-19(25-2)20(26-3)11-15(14)21(23-18)13-6-4-5-7-17(13)22/h4-7,10-11,16,18H,8-9,12H2,1-3H3. The third-order valence-corrected chi connectivity index (χ3v) is 5.41. The van der Waals surface area contributed by atoms with Crippen LogP contribution in [0.1, 0.15) is 29.0 Å². The van der Waals surface area contributed by atoms with E-state index in [9.17, 15) is 4.39 Å². The van der Waals surface area contributed by atoms with Gasteiger partial charge in [0.2, 0.25) is 0 Å². The molecule has 0 amide bonds. The quantitative estimate of drug-likeness (QED) is 0.846. The number of halogens is 1. The second-order valence-corrected chi connectivity index (χ2v) is 6.98. The molecule has 2 aliphatic heterocycles. The smallest absolute Gasteiger partial charge is 0.161 e. The number of hydrogen-bond donors (Lipinski definition) is 0. The van der Waals surface area contributed by atoms with E-state index in [4.69, 9.17) is 14.5 Å². The summed E-state index contributed by atoms with van der Waals surface area (Å²) in [6.07, 6.45) is 0.965. The summed E-state index contributed by atoms with van der Waals surface area (Å²) in [6, 6.07) is 11.0. The van der Waals surface area contributed by atoms with Gasteiger partial charge in [-0.25, -0.2) is 4.39 Å². The third kappa shape index (κ3) is 2.76. The molecule has 2 unspecified atom stereocenters. The highest BCUT2D eigenvalue weighted by Crippen LogP contribution is 2.42. The van der Waals surface area contributed by atoms with Gasteiger partial charge in [0.05, 0.1) is 26.0 Å². The van der Waals surface area contributed by atoms with E-state index in [2.05, 4.69) is 11.9 Å². The number of fused-ring (bicyclic) bond motifs is 3. The molecule has 0 bridgehead atoms. The molecule has 1 fully saturated rings. The monoisotopic (exact) mass is 354 g/mol. The Labute approximate surface area is 153 Å². The minimum atomic E-state index is -0.252. The van der Waals surface area contributed by atoms with E-state index in [-0.39, 0.29) is 17.8 Å². The first-order valence-corrected chi connectivity index (χ1v) is 8.90. The summed E-state index contributed by atoms with van der Waals surface area (Å²) in [5.41, 5.74) is 3.35. The van der Waals surface area contributed by atoms with Crippen LogP contribution in [0.25, 0.3) is 0 Å². The Morgan fingerprint density at radius 3 is 2.54 bits per heavy atom. The van der Waals surface area contributed by atoms with Crippen molar-refractivity contribution >= 4 is 5.71 Å². The number of piperidine rings is 1. The van der Waals surface area contributed by atoms with E-state index in [0.717, 1.165) is 30.6 Å². The Kier molecular flexibility index (Phi) is 4.41. The van der Waals surface area contributed by atoms with Gasteiger partial charge in [0.1, 0.15) is 5.82 Å². The normalized spacial score (nSPS) is 22.2. The van der Waals surface area contributed by atoms with Crippen LogP contribution in [0.5, 0.6) is 11.5 Å². The number of likely N-dealkylation sites (tertiary alicyclic amines) is 1. The molecule has 136 valence electrons. The maximum Gasteiger partial charge on any atom is 0.161 e. The molecule has 0 saturated carbocycles. The predicted octanol–water partition coefficient (Wildman–Crippen LogP) is 3.48. The van der Waals surface area contributed by atoms with Gasteiger partial charge in [-0.1, -0.05) is 12.1 Å². The summed E-state index contributed by atoms with van der Waals surface area (Å²) < 4.78 is 25.5. The molecule has 26 heavy (non-hydrogen) atoms. The van der Waals surface area contributed by atoms with Crippen molar-refractivity contribution in [2.24, 2.45) is 4.99 Å². The van der Waals surface area contributed by atoms with Crippen molar-refractivity contribution < 1.29 is 13.9 Å².